The van der Waals surface area contributed by atoms with Crippen molar-refractivity contribution in [2.45, 2.75) is 27.3 Å². The Morgan fingerprint density at radius 3 is 2.57 bits per heavy atom. The molecule has 0 radical (unpaired) electrons. The third-order valence-electron chi connectivity index (χ3n) is 3.17. The summed E-state index contributed by atoms with van der Waals surface area (Å²) >= 11 is 0. The fraction of sp³-hybridized carbons (Fsp3) is 0.667. The molecule has 1 heterocycles. The molecule has 0 unspecified atom stereocenters. The number of carbonyl (C=O) groups is 1. The van der Waals surface area contributed by atoms with Crippen molar-refractivity contribution < 1.29 is 9.21 Å². The molecule has 0 atom stereocenters. The van der Waals surface area contributed by atoms with E-state index >= 15 is 0 Å². The molecule has 6 heteroatoms. The summed E-state index contributed by atoms with van der Waals surface area (Å²) in [5.74, 6) is 6.44. The number of furan rings is 1. The van der Waals surface area contributed by atoms with Crippen LogP contribution in [-0.2, 0) is 6.54 Å². The van der Waals surface area contributed by atoms with Crippen LogP contribution in [0.5, 0.6) is 0 Å². The number of nitrogens with zero attached hydrogens (tertiary/aromatic N) is 2. The van der Waals surface area contributed by atoms with E-state index in [4.69, 9.17) is 10.3 Å². The van der Waals surface area contributed by atoms with Gasteiger partial charge in [0.05, 0.1) is 6.54 Å². The van der Waals surface area contributed by atoms with Gasteiger partial charge in [0, 0.05) is 25.2 Å². The molecule has 0 aliphatic carbocycles. The number of nitrogen functional groups attached to an aromatic ring is 1. The van der Waals surface area contributed by atoms with Crippen LogP contribution in [0.25, 0.3) is 0 Å². The largest absolute Gasteiger partial charge is 0.454 e. The number of nitrogens with one attached hydrogen (secondary N) is 1. The molecule has 0 saturated heterocycles. The van der Waals surface area contributed by atoms with Crippen LogP contribution in [0.3, 0.4) is 0 Å². The standard InChI is InChI=1S/C15H28N4O2/c1-11(2)9-19(7-6-18(4)5)10-13-8-12(3)14(21-13)15(20)17-16/h8,11H,6-7,9-10,16H2,1-5H3,(H,17,20). The van der Waals surface area contributed by atoms with Gasteiger partial charge in [-0.15, -0.1) is 0 Å². The van der Waals surface area contributed by atoms with Crippen molar-refractivity contribution in [3.63, 3.8) is 0 Å². The van der Waals surface area contributed by atoms with Crippen molar-refractivity contribution >= 4 is 5.91 Å². The van der Waals surface area contributed by atoms with Gasteiger partial charge in [0.25, 0.3) is 0 Å². The summed E-state index contributed by atoms with van der Waals surface area (Å²) < 4.78 is 5.64. The van der Waals surface area contributed by atoms with Crippen LogP contribution in [0.4, 0.5) is 0 Å². The molecule has 1 aromatic rings. The Bertz CT molecular complexity index is 455. The van der Waals surface area contributed by atoms with E-state index in [0.29, 0.717) is 18.2 Å². The lowest BCUT2D eigenvalue weighted by molar-refractivity contribution is 0.0920. The van der Waals surface area contributed by atoms with E-state index < -0.39 is 0 Å². The summed E-state index contributed by atoms with van der Waals surface area (Å²) in [7, 11) is 4.13. The minimum atomic E-state index is -0.387. The maximum atomic E-state index is 11.6. The van der Waals surface area contributed by atoms with Crippen LogP contribution in [0, 0.1) is 12.8 Å². The van der Waals surface area contributed by atoms with Crippen molar-refractivity contribution in [2.24, 2.45) is 11.8 Å². The number of hydrazine groups is 1. The van der Waals surface area contributed by atoms with Gasteiger partial charge in [0.15, 0.2) is 5.76 Å². The van der Waals surface area contributed by atoms with Gasteiger partial charge in [-0.1, -0.05) is 13.8 Å². The van der Waals surface area contributed by atoms with Gasteiger partial charge in [-0.3, -0.25) is 15.1 Å². The van der Waals surface area contributed by atoms with Crippen molar-refractivity contribution in [3.05, 3.63) is 23.2 Å². The van der Waals surface area contributed by atoms with Gasteiger partial charge in [0.2, 0.25) is 0 Å². The molecule has 1 amide bonds. The first-order chi connectivity index (χ1) is 9.83. The molecule has 1 rings (SSSR count). The Labute approximate surface area is 127 Å². The SMILES string of the molecule is Cc1cc(CN(CCN(C)C)CC(C)C)oc1C(=O)NN. The Kier molecular flexibility index (Phi) is 6.87. The number of likely N-dealkylation sites (N-methyl/N-ethyl adjacent to an activating group) is 1. The van der Waals surface area contributed by atoms with Gasteiger partial charge in [-0.2, -0.15) is 0 Å². The third-order valence-corrected chi connectivity index (χ3v) is 3.17. The summed E-state index contributed by atoms with van der Waals surface area (Å²) in [6.07, 6.45) is 0. The minimum absolute atomic E-state index is 0.296. The molecular formula is C15H28N4O2. The maximum absolute atomic E-state index is 11.6. The number of hydrogen-bond donors (Lipinski definition) is 2. The van der Waals surface area contributed by atoms with Crippen molar-refractivity contribution in [3.8, 4) is 0 Å². The van der Waals surface area contributed by atoms with E-state index in [1.807, 2.05) is 13.0 Å². The van der Waals surface area contributed by atoms with Gasteiger partial charge in [-0.05, 0) is 33.0 Å². The highest BCUT2D eigenvalue weighted by atomic mass is 16.4. The number of nitrogens with two attached hydrogens (primary N) is 1. The fourth-order valence-electron chi connectivity index (χ4n) is 2.23. The van der Waals surface area contributed by atoms with Crippen LogP contribution < -0.4 is 11.3 Å². The van der Waals surface area contributed by atoms with Crippen LogP contribution in [0.15, 0.2) is 10.5 Å². The molecule has 120 valence electrons. The minimum Gasteiger partial charge on any atom is -0.454 e. The number of rotatable bonds is 8. The number of aryl methyl sites for hydroxylation is 1. The predicted molar refractivity (Wildman–Crippen MR) is 83.8 cm³/mol. The zero-order valence-corrected chi connectivity index (χ0v) is 13.8. The van der Waals surface area contributed by atoms with Gasteiger partial charge < -0.3 is 9.32 Å². The van der Waals surface area contributed by atoms with E-state index in [1.54, 1.807) is 0 Å². The molecule has 0 fully saturated rings. The van der Waals surface area contributed by atoms with Gasteiger partial charge in [-0.25, -0.2) is 5.84 Å². The highest BCUT2D eigenvalue weighted by Crippen LogP contribution is 2.17. The van der Waals surface area contributed by atoms with Gasteiger partial charge >= 0.3 is 5.91 Å². The Morgan fingerprint density at radius 2 is 2.05 bits per heavy atom. The summed E-state index contributed by atoms with van der Waals surface area (Å²) in [6, 6.07) is 1.91. The monoisotopic (exact) mass is 296 g/mol. The first kappa shape index (κ1) is 17.7. The summed E-state index contributed by atoms with van der Waals surface area (Å²) in [6.45, 7) is 9.89. The second-order valence-electron chi connectivity index (χ2n) is 6.13. The average molecular weight is 296 g/mol. The van der Waals surface area contributed by atoms with Gasteiger partial charge in [0.1, 0.15) is 5.76 Å². The van der Waals surface area contributed by atoms with Crippen molar-refractivity contribution in [1.29, 1.82) is 0 Å². The van der Waals surface area contributed by atoms with E-state index in [9.17, 15) is 4.79 Å². The molecule has 6 nitrogen and oxygen atoms in total. The molecule has 0 aliphatic rings. The zero-order chi connectivity index (χ0) is 16.0. The Hall–Kier alpha value is -1.37. The highest BCUT2D eigenvalue weighted by Gasteiger charge is 2.17. The summed E-state index contributed by atoms with van der Waals surface area (Å²) in [4.78, 5) is 16.1. The molecule has 21 heavy (non-hydrogen) atoms. The van der Waals surface area contributed by atoms with E-state index in [0.717, 1.165) is 31.0 Å². The summed E-state index contributed by atoms with van der Waals surface area (Å²) in [5.41, 5.74) is 2.92. The smallest absolute Gasteiger partial charge is 0.301 e. The normalized spacial score (nSPS) is 11.7. The molecule has 3 N–H and O–H groups in total. The number of amides is 1. The zero-order valence-electron chi connectivity index (χ0n) is 13.8. The van der Waals surface area contributed by atoms with Crippen LogP contribution in [-0.4, -0.2) is 49.4 Å². The number of carbonyl (C=O) groups excluding carboxylic acids is 1. The first-order valence-corrected chi connectivity index (χ1v) is 7.30. The molecule has 0 bridgehead atoms. The molecule has 0 aromatic carbocycles. The van der Waals surface area contributed by atoms with Crippen LogP contribution in [0.1, 0.15) is 35.7 Å². The molecule has 0 saturated carbocycles. The van der Waals surface area contributed by atoms with Crippen molar-refractivity contribution in [1.82, 2.24) is 15.2 Å². The summed E-state index contributed by atoms with van der Waals surface area (Å²) in [5, 5.41) is 0. The molecule has 0 aliphatic heterocycles. The quantitative estimate of drug-likeness (QED) is 0.428. The lowest BCUT2D eigenvalue weighted by atomic mass is 10.2. The molecular weight excluding hydrogens is 268 g/mol. The first-order valence-electron chi connectivity index (χ1n) is 7.30. The Balaban J connectivity index is 2.75. The van der Waals surface area contributed by atoms with Crippen LogP contribution >= 0.6 is 0 Å². The Morgan fingerprint density at radius 1 is 1.38 bits per heavy atom. The predicted octanol–water partition coefficient (Wildman–Crippen LogP) is 1.21. The molecule has 0 spiro atoms. The van der Waals surface area contributed by atoms with Crippen LogP contribution in [0.2, 0.25) is 0 Å². The third kappa shape index (κ3) is 5.87. The maximum Gasteiger partial charge on any atom is 0.301 e. The topological polar surface area (TPSA) is 74.7 Å². The van der Waals surface area contributed by atoms with Crippen molar-refractivity contribution in [2.75, 3.05) is 33.7 Å². The fourth-order valence-corrected chi connectivity index (χ4v) is 2.23. The highest BCUT2D eigenvalue weighted by molar-refractivity contribution is 5.92. The van der Waals surface area contributed by atoms with E-state index in [1.165, 1.54) is 0 Å². The average Bonchev–Trinajstić information content (AvgIpc) is 2.75. The van der Waals surface area contributed by atoms with E-state index in [-0.39, 0.29) is 5.91 Å². The second kappa shape index (κ2) is 8.17. The molecule has 1 aromatic heterocycles. The lowest BCUT2D eigenvalue weighted by Gasteiger charge is -2.24. The van der Waals surface area contributed by atoms with E-state index in [2.05, 4.69) is 43.2 Å². The number of hydrogen-bond acceptors (Lipinski definition) is 5. The second-order valence-corrected chi connectivity index (χ2v) is 6.13. The lowest BCUT2D eigenvalue weighted by Crippen LogP contribution is -2.33.